The van der Waals surface area contributed by atoms with Gasteiger partial charge in [0.15, 0.2) is 5.82 Å². The molecule has 3 aromatic rings. The highest BCUT2D eigenvalue weighted by Gasteiger charge is 2.33. The van der Waals surface area contributed by atoms with Crippen LogP contribution in [0.3, 0.4) is 0 Å². The van der Waals surface area contributed by atoms with Gasteiger partial charge in [-0.1, -0.05) is 30.3 Å². The van der Waals surface area contributed by atoms with E-state index in [4.69, 9.17) is 14.5 Å². The number of hydrogen-bond acceptors (Lipinski definition) is 8. The lowest BCUT2D eigenvalue weighted by molar-refractivity contribution is 0.0768. The van der Waals surface area contributed by atoms with Crippen LogP contribution >= 0.6 is 0 Å². The number of anilines is 1. The Bertz CT molecular complexity index is 1230. The van der Waals surface area contributed by atoms with Crippen LogP contribution in [0.15, 0.2) is 42.6 Å². The predicted molar refractivity (Wildman–Crippen MR) is 135 cm³/mol. The molecule has 2 saturated heterocycles. The van der Waals surface area contributed by atoms with Gasteiger partial charge in [0.25, 0.3) is 0 Å². The molecule has 2 unspecified atom stereocenters. The van der Waals surface area contributed by atoms with E-state index in [1.807, 2.05) is 42.6 Å². The van der Waals surface area contributed by atoms with Crippen LogP contribution in [-0.2, 0) is 11.3 Å². The van der Waals surface area contributed by atoms with E-state index < -0.39 is 6.09 Å². The van der Waals surface area contributed by atoms with Gasteiger partial charge in [0.1, 0.15) is 18.7 Å². The van der Waals surface area contributed by atoms with Crippen molar-refractivity contribution in [1.82, 2.24) is 24.8 Å². The number of carbonyl (C=O) groups excluding carboxylic acids is 1. The summed E-state index contributed by atoms with van der Waals surface area (Å²) in [6.07, 6.45) is 3.91. The first kappa shape index (κ1) is 23.9. The first-order valence-electron chi connectivity index (χ1n) is 12.4. The monoisotopic (exact) mass is 489 g/mol. The molecule has 2 atom stereocenters. The highest BCUT2D eigenvalue weighted by Crippen LogP contribution is 2.28. The minimum Gasteiger partial charge on any atom is -0.462 e. The van der Waals surface area contributed by atoms with Gasteiger partial charge in [0.2, 0.25) is 0 Å². The second kappa shape index (κ2) is 10.8. The molecule has 0 saturated carbocycles. The number of aromatic amines is 1. The third-order valence-electron chi connectivity index (χ3n) is 6.99. The number of piperazine rings is 1. The molecule has 0 aliphatic carbocycles. The summed E-state index contributed by atoms with van der Waals surface area (Å²) in [7, 11) is 2.11. The Hall–Kier alpha value is -3.84. The summed E-state index contributed by atoms with van der Waals surface area (Å²) in [6, 6.07) is 14.1. The summed E-state index contributed by atoms with van der Waals surface area (Å²) in [4.78, 5) is 31.5. The first-order chi connectivity index (χ1) is 17.6. The topological polar surface area (TPSA) is 111 Å². The average molecular weight is 490 g/mol. The number of H-pyrrole nitrogens is 1. The van der Waals surface area contributed by atoms with E-state index in [0.29, 0.717) is 38.3 Å². The highest BCUT2D eigenvalue weighted by atomic mass is 16.6. The summed E-state index contributed by atoms with van der Waals surface area (Å²) in [5.74, 6) is 0.722. The average Bonchev–Trinajstić information content (AvgIpc) is 3.55. The van der Waals surface area contributed by atoms with Crippen LogP contribution < -0.4 is 9.64 Å². The Kier molecular flexibility index (Phi) is 7.18. The Morgan fingerprint density at radius 3 is 2.81 bits per heavy atom. The van der Waals surface area contributed by atoms with Crippen LogP contribution in [0, 0.1) is 11.3 Å². The molecule has 1 amide bonds. The molecule has 0 bridgehead atoms. The summed E-state index contributed by atoms with van der Waals surface area (Å²) in [6.45, 7) is 3.27. The highest BCUT2D eigenvalue weighted by molar-refractivity contribution is 5.86. The zero-order valence-electron chi connectivity index (χ0n) is 20.5. The van der Waals surface area contributed by atoms with Gasteiger partial charge in [-0.25, -0.2) is 4.79 Å². The SMILES string of the molecule is CN1CCCC1COc1nc(N2CCN(C(=O)OCc3ccccc3)C(CC#N)C2)c2[nH]ccc2n1. The molecule has 36 heavy (non-hydrogen) atoms. The Morgan fingerprint density at radius 2 is 2.03 bits per heavy atom. The number of aromatic nitrogens is 3. The lowest BCUT2D eigenvalue weighted by Gasteiger charge is -2.40. The lowest BCUT2D eigenvalue weighted by Crippen LogP contribution is -2.55. The molecule has 1 N–H and O–H groups in total. The molecule has 10 heteroatoms. The van der Waals surface area contributed by atoms with Gasteiger partial charge in [0, 0.05) is 31.9 Å². The quantitative estimate of drug-likeness (QED) is 0.539. The van der Waals surface area contributed by atoms with Crippen molar-refractivity contribution in [2.24, 2.45) is 0 Å². The molecular formula is C26H31N7O3. The fourth-order valence-electron chi connectivity index (χ4n) is 4.93. The number of nitrogens with one attached hydrogen (secondary N) is 1. The molecule has 5 rings (SSSR count). The fraction of sp³-hybridized carbons (Fsp3) is 0.462. The van der Waals surface area contributed by atoms with Gasteiger partial charge in [0.05, 0.1) is 24.0 Å². The van der Waals surface area contributed by atoms with E-state index in [9.17, 15) is 10.1 Å². The molecular weight excluding hydrogens is 458 g/mol. The van der Waals surface area contributed by atoms with Crippen LogP contribution in [0.4, 0.5) is 10.6 Å². The summed E-state index contributed by atoms with van der Waals surface area (Å²) in [5.41, 5.74) is 2.51. The van der Waals surface area contributed by atoms with Gasteiger partial charge >= 0.3 is 12.1 Å². The van der Waals surface area contributed by atoms with Crippen LogP contribution in [0.2, 0.25) is 0 Å². The molecule has 2 aromatic heterocycles. The summed E-state index contributed by atoms with van der Waals surface area (Å²) in [5, 5.41) is 9.46. The molecule has 188 valence electrons. The Balaban J connectivity index is 1.29. The van der Waals surface area contributed by atoms with Crippen molar-refractivity contribution in [3.63, 3.8) is 0 Å². The van der Waals surface area contributed by atoms with Crippen molar-refractivity contribution in [2.75, 3.05) is 44.7 Å². The molecule has 2 aliphatic heterocycles. The van der Waals surface area contributed by atoms with Gasteiger partial charge in [-0.3, -0.25) is 0 Å². The van der Waals surface area contributed by atoms with Crippen LogP contribution in [0.5, 0.6) is 6.01 Å². The number of ether oxygens (including phenoxy) is 2. The number of fused-ring (bicyclic) bond motifs is 1. The number of likely N-dealkylation sites (N-methyl/N-ethyl adjacent to an activating group) is 1. The maximum atomic E-state index is 12.9. The number of amides is 1. The van der Waals surface area contributed by atoms with Crippen molar-refractivity contribution in [1.29, 1.82) is 5.26 Å². The molecule has 1 aromatic carbocycles. The molecule has 2 aliphatic rings. The van der Waals surface area contributed by atoms with Gasteiger partial charge < -0.3 is 29.2 Å². The van der Waals surface area contributed by atoms with Gasteiger partial charge in [-0.15, -0.1) is 0 Å². The second-order valence-corrected chi connectivity index (χ2v) is 9.35. The van der Waals surface area contributed by atoms with E-state index in [2.05, 4.69) is 32.9 Å². The number of hydrogen-bond donors (Lipinski definition) is 1. The van der Waals surface area contributed by atoms with Gasteiger partial charge in [-0.2, -0.15) is 15.2 Å². The number of benzene rings is 1. The number of nitrogens with zero attached hydrogens (tertiary/aromatic N) is 6. The minimum absolute atomic E-state index is 0.199. The number of carbonyl (C=O) groups is 1. The van der Waals surface area contributed by atoms with Crippen molar-refractivity contribution in [3.05, 3.63) is 48.2 Å². The molecule has 0 radical (unpaired) electrons. The molecule has 2 fully saturated rings. The van der Waals surface area contributed by atoms with Crippen molar-refractivity contribution in [3.8, 4) is 12.1 Å². The van der Waals surface area contributed by atoms with E-state index in [-0.39, 0.29) is 19.1 Å². The largest absolute Gasteiger partial charge is 0.462 e. The zero-order chi connectivity index (χ0) is 24.9. The second-order valence-electron chi connectivity index (χ2n) is 9.35. The number of likely N-dealkylation sites (tertiary alicyclic amines) is 1. The van der Waals surface area contributed by atoms with E-state index >= 15 is 0 Å². The minimum atomic E-state index is -0.406. The number of rotatable bonds is 7. The van der Waals surface area contributed by atoms with Crippen LogP contribution in [0.1, 0.15) is 24.8 Å². The summed E-state index contributed by atoms with van der Waals surface area (Å²) < 4.78 is 11.6. The number of nitriles is 1. The summed E-state index contributed by atoms with van der Waals surface area (Å²) >= 11 is 0. The molecule has 4 heterocycles. The normalized spacial score (nSPS) is 20.4. The standard InChI is InChI=1S/C26H31N7O3/c1-31-13-5-8-21(31)18-35-25-29-22-10-12-28-23(22)24(30-25)32-14-15-33(20(16-32)9-11-27)26(34)36-17-19-6-3-2-4-7-19/h2-4,6-7,10,12,20-21,28H,5,8-9,13-18H2,1H3. The first-order valence-corrected chi connectivity index (χ1v) is 12.4. The van der Waals surface area contributed by atoms with Crippen molar-refractivity contribution in [2.45, 2.75) is 38.0 Å². The fourth-order valence-corrected chi connectivity index (χ4v) is 4.93. The third-order valence-corrected chi connectivity index (χ3v) is 6.99. The molecule has 0 spiro atoms. The smallest absolute Gasteiger partial charge is 0.410 e. The van der Waals surface area contributed by atoms with E-state index in [1.165, 1.54) is 6.42 Å². The third kappa shape index (κ3) is 5.21. The van der Waals surface area contributed by atoms with E-state index in [0.717, 1.165) is 35.4 Å². The maximum Gasteiger partial charge on any atom is 0.410 e. The Morgan fingerprint density at radius 1 is 1.17 bits per heavy atom. The van der Waals surface area contributed by atoms with E-state index in [1.54, 1.807) is 4.90 Å². The van der Waals surface area contributed by atoms with Crippen LogP contribution in [0.25, 0.3) is 11.0 Å². The maximum absolute atomic E-state index is 12.9. The van der Waals surface area contributed by atoms with Gasteiger partial charge in [-0.05, 0) is 38.1 Å². The van der Waals surface area contributed by atoms with Crippen LogP contribution in [-0.4, -0.2) is 82.8 Å². The Labute approximate surface area is 210 Å². The predicted octanol–water partition coefficient (Wildman–Crippen LogP) is 3.17. The zero-order valence-corrected chi connectivity index (χ0v) is 20.5. The lowest BCUT2D eigenvalue weighted by atomic mass is 10.1. The van der Waals surface area contributed by atoms with Crippen molar-refractivity contribution >= 4 is 22.9 Å². The molecule has 10 nitrogen and oxygen atoms in total. The van der Waals surface area contributed by atoms with Crippen molar-refractivity contribution < 1.29 is 14.3 Å².